The number of alkyl halides is 3. The maximum Gasteiger partial charge on any atom is 0.401 e. The molecule has 1 unspecified atom stereocenters. The molecule has 0 radical (unpaired) electrons. The van der Waals surface area contributed by atoms with Crippen molar-refractivity contribution >= 4 is 0 Å². The molecule has 0 heterocycles. The van der Waals surface area contributed by atoms with Crippen LogP contribution in [-0.2, 0) is 6.54 Å². The van der Waals surface area contributed by atoms with Gasteiger partial charge in [0.25, 0.3) is 0 Å². The lowest BCUT2D eigenvalue weighted by Crippen LogP contribution is -2.34. The fourth-order valence-corrected chi connectivity index (χ4v) is 2.13. The van der Waals surface area contributed by atoms with E-state index in [4.69, 9.17) is 5.73 Å². The third-order valence-corrected chi connectivity index (χ3v) is 3.25. The summed E-state index contributed by atoms with van der Waals surface area (Å²) in [5.74, 6) is 0.269. The van der Waals surface area contributed by atoms with Gasteiger partial charge in [-0.3, -0.25) is 4.90 Å². The van der Waals surface area contributed by atoms with Crippen LogP contribution in [0.15, 0.2) is 24.3 Å². The summed E-state index contributed by atoms with van der Waals surface area (Å²) in [5, 5.41) is 0. The second-order valence-corrected chi connectivity index (χ2v) is 5.20. The van der Waals surface area contributed by atoms with Crippen molar-refractivity contribution in [3.05, 3.63) is 35.4 Å². The maximum atomic E-state index is 12.5. The summed E-state index contributed by atoms with van der Waals surface area (Å²) < 4.78 is 37.5. The van der Waals surface area contributed by atoms with Crippen LogP contribution >= 0.6 is 0 Å². The van der Waals surface area contributed by atoms with Gasteiger partial charge in [-0.1, -0.05) is 38.1 Å². The number of hydrogen-bond acceptors (Lipinski definition) is 2. The van der Waals surface area contributed by atoms with Gasteiger partial charge in [0.2, 0.25) is 0 Å². The predicted molar refractivity (Wildman–Crippen MR) is 75.5 cm³/mol. The molecule has 5 heteroatoms. The van der Waals surface area contributed by atoms with Crippen LogP contribution in [0, 0.1) is 0 Å². The summed E-state index contributed by atoms with van der Waals surface area (Å²) in [7, 11) is 0. The van der Waals surface area contributed by atoms with Crippen molar-refractivity contribution in [1.82, 2.24) is 4.90 Å². The molecule has 0 saturated heterocycles. The van der Waals surface area contributed by atoms with Crippen LogP contribution < -0.4 is 5.73 Å². The lowest BCUT2D eigenvalue weighted by Gasteiger charge is -2.23. The molecule has 2 nitrogen and oxygen atoms in total. The van der Waals surface area contributed by atoms with Crippen LogP contribution in [0.25, 0.3) is 0 Å². The molecule has 1 atom stereocenters. The smallest absolute Gasteiger partial charge is 0.330 e. The van der Waals surface area contributed by atoms with Crippen molar-refractivity contribution in [2.75, 3.05) is 19.6 Å². The first-order valence-electron chi connectivity index (χ1n) is 6.93. The Kier molecular flexibility index (Phi) is 6.49. The summed E-state index contributed by atoms with van der Waals surface area (Å²) in [4.78, 5) is 1.43. The lowest BCUT2D eigenvalue weighted by molar-refractivity contribution is -0.147. The molecule has 0 aliphatic rings. The van der Waals surface area contributed by atoms with Gasteiger partial charge in [0.1, 0.15) is 0 Å². The Balaban J connectivity index is 2.68. The van der Waals surface area contributed by atoms with Crippen LogP contribution in [-0.4, -0.2) is 30.7 Å². The molecule has 0 amide bonds. The highest BCUT2D eigenvalue weighted by Crippen LogP contribution is 2.19. The van der Waals surface area contributed by atoms with E-state index in [1.807, 2.05) is 38.1 Å². The largest absolute Gasteiger partial charge is 0.401 e. The van der Waals surface area contributed by atoms with E-state index in [-0.39, 0.29) is 5.92 Å². The highest BCUT2D eigenvalue weighted by Gasteiger charge is 2.30. The fourth-order valence-electron chi connectivity index (χ4n) is 2.13. The highest BCUT2D eigenvalue weighted by molar-refractivity contribution is 5.25. The quantitative estimate of drug-likeness (QED) is 0.831. The molecule has 0 fully saturated rings. The minimum absolute atomic E-state index is 0.269. The molecule has 1 rings (SSSR count). The van der Waals surface area contributed by atoms with E-state index in [1.165, 1.54) is 4.90 Å². The first-order chi connectivity index (χ1) is 9.35. The molecule has 0 aliphatic carbocycles. The molecule has 1 aromatic rings. The van der Waals surface area contributed by atoms with E-state index in [0.29, 0.717) is 26.1 Å². The van der Waals surface area contributed by atoms with Crippen molar-refractivity contribution < 1.29 is 13.2 Å². The molecule has 1 aromatic carbocycles. The van der Waals surface area contributed by atoms with Gasteiger partial charge in [0, 0.05) is 6.54 Å². The van der Waals surface area contributed by atoms with Crippen molar-refractivity contribution in [3.8, 4) is 0 Å². The van der Waals surface area contributed by atoms with E-state index in [0.717, 1.165) is 11.1 Å². The van der Waals surface area contributed by atoms with Gasteiger partial charge in [-0.15, -0.1) is 0 Å². The van der Waals surface area contributed by atoms with Crippen LogP contribution in [0.4, 0.5) is 13.2 Å². The van der Waals surface area contributed by atoms with E-state index in [1.54, 1.807) is 0 Å². The standard InChI is InChI=1S/C15H23F3N2/c1-3-8-20(11-15(16,17)18)10-13-4-6-14(7-5-13)12(2)9-19/h4-7,12H,3,8-11,19H2,1-2H3. The number of halogens is 3. The second kappa shape index (κ2) is 7.64. The molecule has 0 bridgehead atoms. The van der Waals surface area contributed by atoms with Gasteiger partial charge < -0.3 is 5.73 Å². The summed E-state index contributed by atoms with van der Waals surface area (Å²) in [6.07, 6.45) is -3.44. The number of nitrogens with zero attached hydrogens (tertiary/aromatic N) is 1. The van der Waals surface area contributed by atoms with Gasteiger partial charge >= 0.3 is 6.18 Å². The highest BCUT2D eigenvalue weighted by atomic mass is 19.4. The van der Waals surface area contributed by atoms with E-state index in [2.05, 4.69) is 0 Å². The fraction of sp³-hybridized carbons (Fsp3) is 0.600. The summed E-state index contributed by atoms with van der Waals surface area (Å²) in [5.41, 5.74) is 7.62. The van der Waals surface area contributed by atoms with Crippen LogP contribution in [0.3, 0.4) is 0 Å². The van der Waals surface area contributed by atoms with Crippen LogP contribution in [0.1, 0.15) is 37.3 Å². The first kappa shape index (κ1) is 17.0. The lowest BCUT2D eigenvalue weighted by atomic mass is 10.00. The molecule has 0 aliphatic heterocycles. The molecule has 2 N–H and O–H groups in total. The Morgan fingerprint density at radius 1 is 1.20 bits per heavy atom. The normalized spacial score (nSPS) is 13.8. The Hall–Kier alpha value is -1.07. The number of nitrogens with two attached hydrogens (primary N) is 1. The minimum Gasteiger partial charge on any atom is -0.330 e. The molecule has 20 heavy (non-hydrogen) atoms. The van der Waals surface area contributed by atoms with Gasteiger partial charge in [-0.25, -0.2) is 0 Å². The first-order valence-corrected chi connectivity index (χ1v) is 6.93. The number of rotatable bonds is 7. The molecular formula is C15H23F3N2. The van der Waals surface area contributed by atoms with Gasteiger partial charge in [-0.05, 0) is 36.6 Å². The Labute approximate surface area is 118 Å². The molecule has 0 saturated carbocycles. The molecule has 114 valence electrons. The van der Waals surface area contributed by atoms with Crippen LogP contribution in [0.2, 0.25) is 0 Å². The zero-order chi connectivity index (χ0) is 15.2. The number of hydrogen-bond donors (Lipinski definition) is 1. The zero-order valence-corrected chi connectivity index (χ0v) is 12.1. The summed E-state index contributed by atoms with van der Waals surface area (Å²) >= 11 is 0. The average molecular weight is 288 g/mol. The molecule has 0 spiro atoms. The Bertz CT molecular complexity index is 387. The third kappa shape index (κ3) is 5.92. The van der Waals surface area contributed by atoms with Crippen molar-refractivity contribution in [3.63, 3.8) is 0 Å². The Morgan fingerprint density at radius 2 is 1.80 bits per heavy atom. The molecule has 0 aromatic heterocycles. The maximum absolute atomic E-state index is 12.5. The van der Waals surface area contributed by atoms with E-state index in [9.17, 15) is 13.2 Å². The SMILES string of the molecule is CCCN(Cc1ccc(C(C)CN)cc1)CC(F)(F)F. The van der Waals surface area contributed by atoms with E-state index >= 15 is 0 Å². The zero-order valence-electron chi connectivity index (χ0n) is 12.1. The predicted octanol–water partition coefficient (Wildman–Crippen LogP) is 3.52. The monoisotopic (exact) mass is 288 g/mol. The summed E-state index contributed by atoms with van der Waals surface area (Å²) in [6, 6.07) is 7.68. The summed E-state index contributed by atoms with van der Waals surface area (Å²) in [6.45, 7) is 4.39. The van der Waals surface area contributed by atoms with Crippen molar-refractivity contribution in [2.24, 2.45) is 5.73 Å². The van der Waals surface area contributed by atoms with Crippen molar-refractivity contribution in [1.29, 1.82) is 0 Å². The minimum atomic E-state index is -4.15. The topological polar surface area (TPSA) is 29.3 Å². The van der Waals surface area contributed by atoms with Crippen LogP contribution in [0.5, 0.6) is 0 Å². The van der Waals surface area contributed by atoms with Crippen molar-refractivity contribution in [2.45, 2.75) is 38.9 Å². The second-order valence-electron chi connectivity index (χ2n) is 5.20. The van der Waals surface area contributed by atoms with Gasteiger partial charge in [0.15, 0.2) is 0 Å². The Morgan fingerprint density at radius 3 is 2.25 bits per heavy atom. The van der Waals surface area contributed by atoms with E-state index < -0.39 is 12.7 Å². The third-order valence-electron chi connectivity index (χ3n) is 3.25. The molecular weight excluding hydrogens is 265 g/mol. The van der Waals surface area contributed by atoms with Gasteiger partial charge in [-0.2, -0.15) is 13.2 Å². The number of benzene rings is 1. The van der Waals surface area contributed by atoms with Gasteiger partial charge in [0.05, 0.1) is 6.54 Å². The average Bonchev–Trinajstić information content (AvgIpc) is 2.37.